The normalized spacial score (nSPS) is 23.0. The summed E-state index contributed by atoms with van der Waals surface area (Å²) in [5, 5.41) is 0. The Hall–Kier alpha value is -1.87. The quantitative estimate of drug-likeness (QED) is 0.389. The number of carbonyl (C=O) groups excluding carboxylic acids is 3. The highest BCUT2D eigenvalue weighted by molar-refractivity contribution is 9.11. The summed E-state index contributed by atoms with van der Waals surface area (Å²) < 4.78 is 12.1. The molecule has 0 bridgehead atoms. The predicted octanol–water partition coefficient (Wildman–Crippen LogP) is 4.08. The van der Waals surface area contributed by atoms with Crippen LogP contribution in [0.4, 0.5) is 4.79 Å². The summed E-state index contributed by atoms with van der Waals surface area (Å²) in [5.74, 6) is -0.668. The van der Waals surface area contributed by atoms with Crippen LogP contribution in [0, 0.1) is 0 Å². The van der Waals surface area contributed by atoms with Crippen LogP contribution in [-0.4, -0.2) is 66.2 Å². The van der Waals surface area contributed by atoms with Crippen LogP contribution in [0.2, 0.25) is 0 Å². The second kappa shape index (κ2) is 10.2. The first-order chi connectivity index (χ1) is 14.8. The Bertz CT molecular complexity index is 857. The van der Waals surface area contributed by atoms with E-state index >= 15 is 0 Å². The van der Waals surface area contributed by atoms with Crippen LogP contribution in [-0.2, 0) is 25.5 Å². The molecule has 1 aromatic rings. The summed E-state index contributed by atoms with van der Waals surface area (Å²) in [5.41, 5.74) is -0.203. The molecular formula is C22H26Br2N2O5. The van der Waals surface area contributed by atoms with Gasteiger partial charge in [0.1, 0.15) is 18.2 Å². The molecule has 0 aromatic heterocycles. The van der Waals surface area contributed by atoms with Crippen molar-refractivity contribution >= 4 is 49.8 Å². The van der Waals surface area contributed by atoms with Crippen LogP contribution >= 0.6 is 31.9 Å². The number of hydrogen-bond acceptors (Lipinski definition) is 5. The Kier molecular flexibility index (Phi) is 7.80. The lowest BCUT2D eigenvalue weighted by atomic mass is 9.87. The van der Waals surface area contributed by atoms with Crippen LogP contribution in [0.25, 0.3) is 0 Å². The van der Waals surface area contributed by atoms with Crippen LogP contribution in [0.15, 0.2) is 39.8 Å². The van der Waals surface area contributed by atoms with Gasteiger partial charge >= 0.3 is 12.1 Å². The number of hydrogen-bond donors (Lipinski definition) is 0. The van der Waals surface area contributed by atoms with Crippen molar-refractivity contribution in [2.45, 2.75) is 43.7 Å². The van der Waals surface area contributed by atoms with Gasteiger partial charge < -0.3 is 14.4 Å². The van der Waals surface area contributed by atoms with E-state index in [4.69, 9.17) is 9.47 Å². The van der Waals surface area contributed by atoms with Gasteiger partial charge in [-0.25, -0.2) is 9.59 Å². The summed E-state index contributed by atoms with van der Waals surface area (Å²) in [6.07, 6.45) is 3.72. The monoisotopic (exact) mass is 556 g/mol. The van der Waals surface area contributed by atoms with E-state index in [1.54, 1.807) is 4.90 Å². The molecule has 168 valence electrons. The average Bonchev–Trinajstić information content (AvgIpc) is 3.38. The summed E-state index contributed by atoms with van der Waals surface area (Å²) in [6, 6.07) is 5.14. The molecule has 2 heterocycles. The van der Waals surface area contributed by atoms with Gasteiger partial charge in [0.2, 0.25) is 5.91 Å². The van der Waals surface area contributed by atoms with Gasteiger partial charge in [0.25, 0.3) is 0 Å². The van der Waals surface area contributed by atoms with E-state index in [0.29, 0.717) is 45.2 Å². The number of methoxy groups -OCH3 is 1. The van der Waals surface area contributed by atoms with Crippen molar-refractivity contribution in [1.29, 1.82) is 0 Å². The topological polar surface area (TPSA) is 76.2 Å². The van der Waals surface area contributed by atoms with E-state index in [9.17, 15) is 14.4 Å². The van der Waals surface area contributed by atoms with Crippen LogP contribution in [0.3, 0.4) is 0 Å². The van der Waals surface area contributed by atoms with E-state index in [1.165, 1.54) is 18.1 Å². The Morgan fingerprint density at radius 1 is 1.19 bits per heavy atom. The molecule has 1 aromatic carbocycles. The molecule has 2 atom stereocenters. The molecule has 2 aliphatic heterocycles. The van der Waals surface area contributed by atoms with Crippen molar-refractivity contribution in [2.75, 3.05) is 26.8 Å². The summed E-state index contributed by atoms with van der Waals surface area (Å²) >= 11 is 6.97. The largest absolute Gasteiger partial charge is 0.467 e. The van der Waals surface area contributed by atoms with Gasteiger partial charge in [0.05, 0.1) is 7.11 Å². The SMILES string of the molecule is C=CCOC(=O)N1CCC[C@H]1C(=O)N1CCC[C@@]1(Cc1cc(Br)cc(Br)c1)C(=O)OC. The Balaban J connectivity index is 1.90. The van der Waals surface area contributed by atoms with E-state index in [1.807, 2.05) is 18.2 Å². The van der Waals surface area contributed by atoms with Crippen molar-refractivity contribution in [3.8, 4) is 0 Å². The number of esters is 1. The van der Waals surface area contributed by atoms with Gasteiger partial charge in [-0.15, -0.1) is 0 Å². The molecule has 0 N–H and O–H groups in total. The average molecular weight is 558 g/mol. The molecule has 2 saturated heterocycles. The number of amides is 2. The smallest absolute Gasteiger partial charge is 0.410 e. The first-order valence-corrected chi connectivity index (χ1v) is 11.8. The first kappa shape index (κ1) is 23.8. The molecule has 7 nitrogen and oxygen atoms in total. The van der Waals surface area contributed by atoms with Gasteiger partial charge in [-0.05, 0) is 49.4 Å². The molecule has 0 saturated carbocycles. The standard InChI is InChI=1S/C22H26Br2N2O5/c1-3-10-31-21(29)25-8-4-6-18(25)19(27)26-9-5-7-22(26,20(28)30-2)14-15-11-16(23)13-17(24)12-15/h3,11-13,18H,1,4-10,14H2,2H3/t18-,22+/m0/s1. The number of carbonyl (C=O) groups is 3. The highest BCUT2D eigenvalue weighted by Gasteiger charge is 2.53. The number of nitrogens with zero attached hydrogens (tertiary/aromatic N) is 2. The molecule has 3 rings (SSSR count). The van der Waals surface area contributed by atoms with Crippen molar-refractivity contribution in [1.82, 2.24) is 9.80 Å². The Morgan fingerprint density at radius 3 is 2.55 bits per heavy atom. The fourth-order valence-corrected chi connectivity index (χ4v) is 5.93. The summed E-state index contributed by atoms with van der Waals surface area (Å²) in [4.78, 5) is 42.2. The van der Waals surface area contributed by atoms with E-state index in [-0.39, 0.29) is 12.5 Å². The number of halogens is 2. The van der Waals surface area contributed by atoms with Gasteiger partial charge in [-0.2, -0.15) is 0 Å². The van der Waals surface area contributed by atoms with Gasteiger partial charge in [-0.3, -0.25) is 9.69 Å². The predicted molar refractivity (Wildman–Crippen MR) is 123 cm³/mol. The number of benzene rings is 1. The molecule has 0 unspecified atom stereocenters. The Labute approximate surface area is 199 Å². The maximum atomic E-state index is 13.6. The third-order valence-corrected chi connectivity index (χ3v) is 6.75. The first-order valence-electron chi connectivity index (χ1n) is 10.2. The van der Waals surface area contributed by atoms with Crippen molar-refractivity contribution in [2.24, 2.45) is 0 Å². The Morgan fingerprint density at radius 2 is 1.90 bits per heavy atom. The van der Waals surface area contributed by atoms with Gasteiger partial charge in [0.15, 0.2) is 0 Å². The molecule has 9 heteroatoms. The molecular weight excluding hydrogens is 532 g/mol. The summed E-state index contributed by atoms with van der Waals surface area (Å²) in [6.45, 7) is 4.52. The van der Waals surface area contributed by atoms with Gasteiger partial charge in [-0.1, -0.05) is 44.5 Å². The minimum absolute atomic E-state index is 0.0871. The maximum absolute atomic E-state index is 13.6. The lowest BCUT2D eigenvalue weighted by Gasteiger charge is -2.38. The molecule has 2 fully saturated rings. The van der Waals surface area contributed by atoms with E-state index < -0.39 is 23.6 Å². The van der Waals surface area contributed by atoms with E-state index in [0.717, 1.165) is 14.5 Å². The molecule has 0 aliphatic carbocycles. The van der Waals surface area contributed by atoms with Crippen LogP contribution < -0.4 is 0 Å². The number of likely N-dealkylation sites (tertiary alicyclic amines) is 2. The highest BCUT2D eigenvalue weighted by atomic mass is 79.9. The molecule has 2 aliphatic rings. The zero-order chi connectivity index (χ0) is 22.6. The zero-order valence-corrected chi connectivity index (χ0v) is 20.6. The molecule has 0 radical (unpaired) electrons. The van der Waals surface area contributed by atoms with Crippen molar-refractivity contribution in [3.63, 3.8) is 0 Å². The lowest BCUT2D eigenvalue weighted by molar-refractivity contribution is -0.160. The van der Waals surface area contributed by atoms with Crippen molar-refractivity contribution in [3.05, 3.63) is 45.4 Å². The minimum Gasteiger partial charge on any atom is -0.467 e. The molecule has 2 amide bonds. The fourth-order valence-electron chi connectivity index (χ4n) is 4.54. The van der Waals surface area contributed by atoms with E-state index in [2.05, 4.69) is 38.4 Å². The lowest BCUT2D eigenvalue weighted by Crippen LogP contribution is -2.59. The zero-order valence-electron chi connectivity index (χ0n) is 17.4. The van der Waals surface area contributed by atoms with Crippen molar-refractivity contribution < 1.29 is 23.9 Å². The third-order valence-electron chi connectivity index (χ3n) is 5.84. The second-order valence-corrected chi connectivity index (χ2v) is 9.62. The maximum Gasteiger partial charge on any atom is 0.410 e. The fraction of sp³-hybridized carbons (Fsp3) is 0.500. The minimum atomic E-state index is -1.11. The van der Waals surface area contributed by atoms with Crippen LogP contribution in [0.1, 0.15) is 31.2 Å². The highest BCUT2D eigenvalue weighted by Crippen LogP contribution is 2.37. The van der Waals surface area contributed by atoms with Crippen LogP contribution in [0.5, 0.6) is 0 Å². The van der Waals surface area contributed by atoms with Gasteiger partial charge in [0, 0.05) is 28.5 Å². The number of ether oxygens (including phenoxy) is 2. The second-order valence-electron chi connectivity index (χ2n) is 7.79. The third kappa shape index (κ3) is 4.98. The molecule has 31 heavy (non-hydrogen) atoms. The number of rotatable bonds is 6. The summed E-state index contributed by atoms with van der Waals surface area (Å²) in [7, 11) is 1.34. The molecule has 0 spiro atoms.